The minimum absolute atomic E-state index is 0.0519. The van der Waals surface area contributed by atoms with Gasteiger partial charge in [-0.25, -0.2) is 0 Å². The van der Waals surface area contributed by atoms with Gasteiger partial charge in [-0.15, -0.1) is 11.8 Å². The molecule has 0 aliphatic carbocycles. The van der Waals surface area contributed by atoms with E-state index in [9.17, 15) is 4.79 Å². The number of carbonyl (C=O) groups excluding carboxylic acids is 1. The lowest BCUT2D eigenvalue weighted by atomic mass is 10.1. The van der Waals surface area contributed by atoms with Gasteiger partial charge in [-0.1, -0.05) is 18.7 Å². The van der Waals surface area contributed by atoms with Crippen molar-refractivity contribution >= 4 is 23.2 Å². The lowest BCUT2D eigenvalue weighted by Crippen LogP contribution is -2.05. The van der Waals surface area contributed by atoms with E-state index in [0.717, 1.165) is 4.91 Å². The summed E-state index contributed by atoms with van der Waals surface area (Å²) >= 11 is 1.44. The Morgan fingerprint density at radius 1 is 1.50 bits per heavy atom. The van der Waals surface area contributed by atoms with Crippen molar-refractivity contribution < 1.29 is 4.79 Å². The van der Waals surface area contributed by atoms with Crippen molar-refractivity contribution in [3.05, 3.63) is 41.3 Å². The molecule has 0 aromatic heterocycles. The van der Waals surface area contributed by atoms with Crippen LogP contribution < -0.4 is 5.73 Å². The summed E-state index contributed by atoms with van der Waals surface area (Å²) in [5.74, 6) is 0.458. The predicted octanol–water partition coefficient (Wildman–Crippen LogP) is 2.72. The van der Waals surface area contributed by atoms with Crippen LogP contribution in [0, 0.1) is 0 Å². The molecule has 0 bridgehead atoms. The van der Waals surface area contributed by atoms with Gasteiger partial charge in [-0.2, -0.15) is 0 Å². The Hall–Kier alpha value is -1.22. The summed E-state index contributed by atoms with van der Waals surface area (Å²) < 4.78 is 0. The molecule has 0 saturated carbocycles. The number of thioether (sulfide) groups is 1. The van der Waals surface area contributed by atoms with E-state index in [-0.39, 0.29) is 5.78 Å². The first kappa shape index (κ1) is 10.9. The lowest BCUT2D eigenvalue weighted by Gasteiger charge is -2.03. The summed E-state index contributed by atoms with van der Waals surface area (Å²) in [6.07, 6.45) is 0. The first-order valence-corrected chi connectivity index (χ1v) is 5.26. The van der Waals surface area contributed by atoms with Gasteiger partial charge in [0.05, 0.1) is 5.75 Å². The van der Waals surface area contributed by atoms with Crippen molar-refractivity contribution in [3.63, 3.8) is 0 Å². The van der Waals surface area contributed by atoms with Gasteiger partial charge in [0.15, 0.2) is 5.78 Å². The number of ketones is 1. The maximum Gasteiger partial charge on any atom is 0.175 e. The monoisotopic (exact) mass is 207 g/mol. The van der Waals surface area contributed by atoms with Crippen molar-refractivity contribution in [1.29, 1.82) is 0 Å². The van der Waals surface area contributed by atoms with Crippen molar-refractivity contribution in [2.75, 3.05) is 11.5 Å². The number of anilines is 1. The average Bonchev–Trinajstić information content (AvgIpc) is 2.15. The molecule has 0 radical (unpaired) electrons. The van der Waals surface area contributed by atoms with E-state index in [1.54, 1.807) is 12.1 Å². The molecule has 0 aliphatic heterocycles. The number of nitrogens with two attached hydrogens (primary N) is 1. The van der Waals surface area contributed by atoms with E-state index in [1.165, 1.54) is 11.8 Å². The highest BCUT2D eigenvalue weighted by Crippen LogP contribution is 2.17. The quantitative estimate of drug-likeness (QED) is 0.609. The van der Waals surface area contributed by atoms with Crippen molar-refractivity contribution in [1.82, 2.24) is 0 Å². The van der Waals surface area contributed by atoms with Crippen molar-refractivity contribution in [2.24, 2.45) is 0 Å². The zero-order valence-corrected chi connectivity index (χ0v) is 8.93. The molecule has 0 unspecified atom stereocenters. The first-order valence-electron chi connectivity index (χ1n) is 4.27. The van der Waals surface area contributed by atoms with Crippen LogP contribution in [0.15, 0.2) is 35.7 Å². The maximum atomic E-state index is 11.6. The van der Waals surface area contributed by atoms with Gasteiger partial charge < -0.3 is 5.73 Å². The van der Waals surface area contributed by atoms with E-state index in [0.29, 0.717) is 17.0 Å². The Morgan fingerprint density at radius 3 is 2.71 bits per heavy atom. The number of nitrogen functional groups attached to an aromatic ring is 1. The second-order valence-electron chi connectivity index (χ2n) is 3.00. The highest BCUT2D eigenvalue weighted by Gasteiger charge is 2.08. The fourth-order valence-electron chi connectivity index (χ4n) is 1.02. The minimum atomic E-state index is 0.0519. The maximum absolute atomic E-state index is 11.6. The van der Waals surface area contributed by atoms with Crippen LogP contribution in [-0.2, 0) is 0 Å². The van der Waals surface area contributed by atoms with Crippen LogP contribution in [0.2, 0.25) is 0 Å². The zero-order valence-electron chi connectivity index (χ0n) is 8.12. The number of rotatable bonds is 4. The molecule has 0 heterocycles. The van der Waals surface area contributed by atoms with Crippen LogP contribution in [0.1, 0.15) is 17.3 Å². The molecular formula is C11H13NOS. The summed E-state index contributed by atoms with van der Waals surface area (Å²) in [4.78, 5) is 12.6. The summed E-state index contributed by atoms with van der Waals surface area (Å²) in [6, 6.07) is 7.11. The molecule has 0 spiro atoms. The molecule has 2 N–H and O–H groups in total. The summed E-state index contributed by atoms with van der Waals surface area (Å²) in [6.45, 7) is 5.60. The molecule has 1 aromatic rings. The Kier molecular flexibility index (Phi) is 3.77. The number of hydrogen-bond acceptors (Lipinski definition) is 3. The molecule has 3 heteroatoms. The van der Waals surface area contributed by atoms with Crippen LogP contribution in [-0.4, -0.2) is 11.5 Å². The van der Waals surface area contributed by atoms with E-state index >= 15 is 0 Å². The molecule has 2 nitrogen and oxygen atoms in total. The Bertz CT molecular complexity index is 360. The predicted molar refractivity (Wildman–Crippen MR) is 62.5 cm³/mol. The van der Waals surface area contributed by atoms with Crippen molar-refractivity contribution in [2.45, 2.75) is 6.92 Å². The van der Waals surface area contributed by atoms with Crippen molar-refractivity contribution in [3.8, 4) is 0 Å². The highest BCUT2D eigenvalue weighted by atomic mass is 32.2. The SMILES string of the molecule is C=C(C)SCC(=O)c1ccccc1N. The van der Waals surface area contributed by atoms with E-state index in [2.05, 4.69) is 6.58 Å². The third-order valence-electron chi connectivity index (χ3n) is 1.71. The number of allylic oxidation sites excluding steroid dienone is 1. The van der Waals surface area contributed by atoms with Gasteiger partial charge in [0.1, 0.15) is 0 Å². The molecule has 1 rings (SSSR count). The standard InChI is InChI=1S/C11H13NOS/c1-8(2)14-7-11(13)9-5-3-4-6-10(9)12/h3-6H,1,7,12H2,2H3. The smallest absolute Gasteiger partial charge is 0.175 e. The fraction of sp³-hybridized carbons (Fsp3) is 0.182. The molecule has 1 aromatic carbocycles. The number of para-hydroxylation sites is 1. The number of carbonyl (C=O) groups is 1. The van der Waals surface area contributed by atoms with Gasteiger partial charge in [0.2, 0.25) is 0 Å². The molecule has 0 aliphatic rings. The minimum Gasteiger partial charge on any atom is -0.398 e. The van der Waals surface area contributed by atoms with Crippen LogP contribution in [0.3, 0.4) is 0 Å². The normalized spacial score (nSPS) is 9.79. The third-order valence-corrected chi connectivity index (χ3v) is 2.61. The van der Waals surface area contributed by atoms with Gasteiger partial charge in [-0.05, 0) is 24.0 Å². The van der Waals surface area contributed by atoms with E-state index in [4.69, 9.17) is 5.73 Å². The van der Waals surface area contributed by atoms with Crippen LogP contribution in [0.25, 0.3) is 0 Å². The van der Waals surface area contributed by atoms with Crippen LogP contribution in [0.5, 0.6) is 0 Å². The second kappa shape index (κ2) is 4.86. The largest absolute Gasteiger partial charge is 0.398 e. The number of Topliss-reactive ketones (excluding diaryl/α,β-unsaturated/α-hetero) is 1. The van der Waals surface area contributed by atoms with Crippen LogP contribution >= 0.6 is 11.8 Å². The van der Waals surface area contributed by atoms with E-state index in [1.807, 2.05) is 19.1 Å². The molecular weight excluding hydrogens is 194 g/mol. The molecule has 74 valence electrons. The van der Waals surface area contributed by atoms with Gasteiger partial charge in [-0.3, -0.25) is 4.79 Å². The molecule has 0 atom stereocenters. The first-order chi connectivity index (χ1) is 6.61. The van der Waals surface area contributed by atoms with E-state index < -0.39 is 0 Å². The summed E-state index contributed by atoms with van der Waals surface area (Å²) in [5.41, 5.74) is 6.82. The second-order valence-corrected chi connectivity index (χ2v) is 4.28. The third kappa shape index (κ3) is 2.92. The highest BCUT2D eigenvalue weighted by molar-refractivity contribution is 8.03. The molecule has 0 saturated heterocycles. The topological polar surface area (TPSA) is 43.1 Å². The van der Waals surface area contributed by atoms with Gasteiger partial charge >= 0.3 is 0 Å². The Morgan fingerprint density at radius 2 is 2.14 bits per heavy atom. The fourth-order valence-corrected chi connectivity index (χ4v) is 1.55. The number of benzene rings is 1. The van der Waals surface area contributed by atoms with Crippen LogP contribution in [0.4, 0.5) is 5.69 Å². The molecule has 0 amide bonds. The molecule has 0 fully saturated rings. The number of hydrogen-bond donors (Lipinski definition) is 1. The van der Waals surface area contributed by atoms with Gasteiger partial charge in [0.25, 0.3) is 0 Å². The Balaban J connectivity index is 2.70. The summed E-state index contributed by atoms with van der Waals surface area (Å²) in [7, 11) is 0. The molecule has 14 heavy (non-hydrogen) atoms. The average molecular weight is 207 g/mol. The van der Waals surface area contributed by atoms with Gasteiger partial charge in [0, 0.05) is 11.3 Å². The lowest BCUT2D eigenvalue weighted by molar-refractivity contribution is 0.102. The Labute approximate surface area is 88.2 Å². The summed E-state index contributed by atoms with van der Waals surface area (Å²) in [5, 5.41) is 0. The zero-order chi connectivity index (χ0) is 10.6.